The molecule has 1 fully saturated rings. The number of carbonyl (C=O) groups is 2. The third kappa shape index (κ3) is 6.82. The van der Waals surface area contributed by atoms with Crippen LogP contribution in [0.2, 0.25) is 0 Å². The molecule has 11 heteroatoms. The van der Waals surface area contributed by atoms with Crippen LogP contribution in [0.3, 0.4) is 0 Å². The number of likely N-dealkylation sites (N-methyl/N-ethyl adjacent to an activating group) is 2. The third-order valence-corrected chi connectivity index (χ3v) is 9.48. The Labute approximate surface area is 226 Å². The number of anilines is 1. The van der Waals surface area contributed by atoms with Crippen LogP contribution in [0.25, 0.3) is 0 Å². The van der Waals surface area contributed by atoms with Gasteiger partial charge in [-0.3, -0.25) is 14.6 Å². The van der Waals surface area contributed by atoms with Crippen molar-refractivity contribution in [1.29, 1.82) is 0 Å². The highest BCUT2D eigenvalue weighted by Gasteiger charge is 2.32. The highest BCUT2D eigenvalue weighted by molar-refractivity contribution is 7.89. The van der Waals surface area contributed by atoms with Crippen molar-refractivity contribution in [3.8, 4) is 5.75 Å². The molecular weight excluding hydrogens is 506 g/mol. The molecule has 1 aliphatic heterocycles. The highest BCUT2D eigenvalue weighted by Crippen LogP contribution is 2.28. The average molecular weight is 546 g/mol. The summed E-state index contributed by atoms with van der Waals surface area (Å²) in [6.07, 6.45) is 5.51. The first-order valence-electron chi connectivity index (χ1n) is 12.8. The Hall–Kier alpha value is -3.18. The van der Waals surface area contributed by atoms with Crippen molar-refractivity contribution in [3.63, 3.8) is 0 Å². The van der Waals surface area contributed by atoms with Gasteiger partial charge in [-0.25, -0.2) is 8.42 Å². The molecule has 0 aliphatic carbocycles. The van der Waals surface area contributed by atoms with Gasteiger partial charge in [0, 0.05) is 51.8 Å². The number of nitrogens with one attached hydrogen (secondary N) is 1. The molecule has 0 spiro atoms. The maximum Gasteiger partial charge on any atom is 0.244 e. The van der Waals surface area contributed by atoms with Crippen LogP contribution < -0.4 is 15.0 Å². The fourth-order valence-corrected chi connectivity index (χ4v) is 6.55. The van der Waals surface area contributed by atoms with Crippen LogP contribution in [0.5, 0.6) is 5.75 Å². The number of nitrogens with zero attached hydrogens (tertiary/aromatic N) is 4. The minimum Gasteiger partial charge on any atom is -0.497 e. The number of benzene rings is 1. The highest BCUT2D eigenvalue weighted by atomic mass is 32.2. The molecule has 10 nitrogen and oxygen atoms in total. The lowest BCUT2D eigenvalue weighted by Crippen LogP contribution is -2.49. The second-order valence-electron chi connectivity index (χ2n) is 9.92. The number of ether oxygens (including phenoxy) is 1. The number of hydrogen-bond acceptors (Lipinski definition) is 7. The number of hydrogen-bond donors (Lipinski definition) is 1. The standard InChI is InChI=1S/C27H39N5O5S/c1-19-15-24(37-6)16-20(2)26(19)38(35,36)31(5)21(3)27(34)29-17-25(33)30(4)18-22-9-13-32(14-10-22)23-7-11-28-12-8-23/h7-8,11-12,15-16,21-22H,9-10,13-14,17-18H2,1-6H3,(H,29,34). The van der Waals surface area contributed by atoms with Gasteiger partial charge in [0.1, 0.15) is 11.8 Å². The van der Waals surface area contributed by atoms with Crippen molar-refractivity contribution in [3.05, 3.63) is 47.8 Å². The van der Waals surface area contributed by atoms with Gasteiger partial charge in [-0.05, 0) is 74.9 Å². The molecule has 1 atom stereocenters. The summed E-state index contributed by atoms with van der Waals surface area (Å²) >= 11 is 0. The van der Waals surface area contributed by atoms with Gasteiger partial charge in [-0.15, -0.1) is 0 Å². The van der Waals surface area contributed by atoms with Gasteiger partial charge in [0.15, 0.2) is 0 Å². The maximum absolute atomic E-state index is 13.3. The number of rotatable bonds is 10. The number of aryl methyl sites for hydroxylation is 2. The molecule has 3 rings (SSSR count). The van der Waals surface area contributed by atoms with Gasteiger partial charge >= 0.3 is 0 Å². The fourth-order valence-electron chi connectivity index (χ4n) is 4.82. The van der Waals surface area contributed by atoms with E-state index >= 15 is 0 Å². The van der Waals surface area contributed by atoms with E-state index in [9.17, 15) is 18.0 Å². The van der Waals surface area contributed by atoms with Gasteiger partial charge in [-0.2, -0.15) is 4.31 Å². The summed E-state index contributed by atoms with van der Waals surface area (Å²) in [5.74, 6) is 0.194. The summed E-state index contributed by atoms with van der Waals surface area (Å²) in [5.41, 5.74) is 2.22. The smallest absolute Gasteiger partial charge is 0.244 e. The minimum absolute atomic E-state index is 0.145. The van der Waals surface area contributed by atoms with E-state index in [1.165, 1.54) is 21.1 Å². The van der Waals surface area contributed by atoms with Gasteiger partial charge in [0.05, 0.1) is 18.6 Å². The second-order valence-corrected chi connectivity index (χ2v) is 11.8. The molecule has 1 saturated heterocycles. The Kier molecular flexibility index (Phi) is 9.72. The Balaban J connectivity index is 1.51. The maximum atomic E-state index is 13.3. The lowest BCUT2D eigenvalue weighted by molar-refractivity contribution is -0.133. The molecule has 1 unspecified atom stereocenters. The van der Waals surface area contributed by atoms with E-state index in [0.29, 0.717) is 29.3 Å². The molecule has 2 amide bonds. The SMILES string of the molecule is COc1cc(C)c(S(=O)(=O)N(C)C(C)C(=O)NCC(=O)N(C)CC2CCN(c3ccncc3)CC2)c(C)c1. The van der Waals surface area contributed by atoms with Gasteiger partial charge < -0.3 is 19.9 Å². The summed E-state index contributed by atoms with van der Waals surface area (Å²) in [6.45, 7) is 7.14. The second kappa shape index (κ2) is 12.6. The lowest BCUT2D eigenvalue weighted by atomic mass is 9.96. The van der Waals surface area contributed by atoms with E-state index in [1.54, 1.807) is 50.3 Å². The van der Waals surface area contributed by atoms with E-state index in [1.807, 2.05) is 12.1 Å². The average Bonchev–Trinajstić information content (AvgIpc) is 2.90. The van der Waals surface area contributed by atoms with E-state index < -0.39 is 22.0 Å². The molecule has 0 bridgehead atoms. The van der Waals surface area contributed by atoms with Crippen LogP contribution in [0.15, 0.2) is 41.6 Å². The molecule has 0 saturated carbocycles. The van der Waals surface area contributed by atoms with Gasteiger partial charge in [-0.1, -0.05) is 0 Å². The minimum atomic E-state index is -3.95. The van der Waals surface area contributed by atoms with E-state index in [2.05, 4.69) is 15.2 Å². The van der Waals surface area contributed by atoms with Crippen molar-refractivity contribution in [2.75, 3.05) is 52.3 Å². The molecule has 2 heterocycles. The Bertz CT molecular complexity index is 1210. The van der Waals surface area contributed by atoms with Crippen LogP contribution in [0.4, 0.5) is 5.69 Å². The van der Waals surface area contributed by atoms with Crippen LogP contribution in [0.1, 0.15) is 30.9 Å². The topological polar surface area (TPSA) is 112 Å². The molecule has 1 aromatic heterocycles. The summed E-state index contributed by atoms with van der Waals surface area (Å²) in [7, 11) is 0.671. The Morgan fingerprint density at radius 1 is 1.13 bits per heavy atom. The monoisotopic (exact) mass is 545 g/mol. The van der Waals surface area contributed by atoms with Crippen LogP contribution in [-0.2, 0) is 19.6 Å². The van der Waals surface area contributed by atoms with E-state index in [4.69, 9.17) is 4.74 Å². The van der Waals surface area contributed by atoms with Crippen molar-refractivity contribution in [1.82, 2.24) is 19.5 Å². The number of amides is 2. The number of aromatic nitrogens is 1. The van der Waals surface area contributed by atoms with Crippen molar-refractivity contribution in [2.24, 2.45) is 5.92 Å². The predicted molar refractivity (Wildman–Crippen MR) is 147 cm³/mol. The molecule has 2 aromatic rings. The normalized spacial score (nSPS) is 15.3. The Morgan fingerprint density at radius 3 is 2.26 bits per heavy atom. The zero-order valence-corrected chi connectivity index (χ0v) is 23.9. The summed E-state index contributed by atoms with van der Waals surface area (Å²) in [6, 6.07) is 6.30. The largest absolute Gasteiger partial charge is 0.497 e. The van der Waals surface area contributed by atoms with Crippen molar-refractivity contribution in [2.45, 2.75) is 44.6 Å². The molecule has 1 N–H and O–H groups in total. The zero-order chi connectivity index (χ0) is 28.0. The number of sulfonamides is 1. The fraction of sp³-hybridized carbons (Fsp3) is 0.519. The molecule has 1 aliphatic rings. The van der Waals surface area contributed by atoms with Crippen LogP contribution in [-0.4, -0.2) is 87.8 Å². The molecule has 0 radical (unpaired) electrons. The van der Waals surface area contributed by atoms with Crippen molar-refractivity contribution >= 4 is 27.5 Å². The predicted octanol–water partition coefficient (Wildman–Crippen LogP) is 2.21. The lowest BCUT2D eigenvalue weighted by Gasteiger charge is -2.35. The number of piperidine rings is 1. The first-order chi connectivity index (χ1) is 17.9. The Morgan fingerprint density at radius 2 is 1.71 bits per heavy atom. The summed E-state index contributed by atoms with van der Waals surface area (Å²) in [4.78, 5) is 33.7. The molecule has 38 heavy (non-hydrogen) atoms. The zero-order valence-electron chi connectivity index (χ0n) is 23.1. The van der Waals surface area contributed by atoms with Gasteiger partial charge in [0.25, 0.3) is 0 Å². The number of methoxy groups -OCH3 is 1. The van der Waals surface area contributed by atoms with E-state index in [0.717, 1.165) is 35.9 Å². The van der Waals surface area contributed by atoms with Crippen LogP contribution in [0, 0.1) is 19.8 Å². The summed E-state index contributed by atoms with van der Waals surface area (Å²) in [5, 5.41) is 2.61. The number of pyridine rings is 1. The molecule has 1 aromatic carbocycles. The molecular formula is C27H39N5O5S. The van der Waals surface area contributed by atoms with Gasteiger partial charge in [0.2, 0.25) is 21.8 Å². The van der Waals surface area contributed by atoms with Crippen molar-refractivity contribution < 1.29 is 22.7 Å². The number of carbonyl (C=O) groups excluding carboxylic acids is 2. The quantitative estimate of drug-likeness (QED) is 0.487. The van der Waals surface area contributed by atoms with Crippen LogP contribution >= 0.6 is 0 Å². The summed E-state index contributed by atoms with van der Waals surface area (Å²) < 4.78 is 32.9. The first kappa shape index (κ1) is 29.4. The third-order valence-electron chi connectivity index (χ3n) is 7.25. The molecule has 208 valence electrons. The van der Waals surface area contributed by atoms with E-state index in [-0.39, 0.29) is 17.3 Å². The first-order valence-corrected chi connectivity index (χ1v) is 14.2.